The van der Waals surface area contributed by atoms with Crippen LogP contribution in [0.15, 0.2) is 0 Å². The van der Waals surface area contributed by atoms with Crippen molar-refractivity contribution in [3.8, 4) is 0 Å². The average molecular weight is 1770 g/mol. The molecule has 15 saturated carbocycles. The second kappa shape index (κ2) is 36.4. The first-order valence-corrected chi connectivity index (χ1v) is 54.6. The standard InChI is InChI=1S/4C23H34O4.C18H28O2/c4*1-4-13-14-7-5-6-8-15-16(18-9-11(2)22(24)26-18)10-17(20(14)15)19-12(3)23(25)27-21(13)19;1-3-12-13-7-5-4-6-11-8-9-14(16(11)13)15-10(2)18(19)20-17(12)15/h4*11-21H,4-10H2,1-3H3;10-17H,3-9H2,1-2H3/t4*11-,12+,13-,14-,15?,16+,17+,18+,19-,20+,21+;10-,11?,12+,13+,14-,15+,16+,17-/m11110/s1. The van der Waals surface area contributed by atoms with E-state index in [9.17, 15) is 43.2 Å². The van der Waals surface area contributed by atoms with E-state index in [2.05, 4.69) is 69.2 Å². The molecule has 0 spiro atoms. The molecule has 0 amide bonds. The molecular weight excluding hydrogens is 1610 g/mol. The lowest BCUT2D eigenvalue weighted by Crippen LogP contribution is -2.48. The molecule has 0 radical (unpaired) electrons. The van der Waals surface area contributed by atoms with Crippen molar-refractivity contribution in [2.24, 2.45) is 254 Å². The fraction of sp³-hybridized carbons (Fsp3) is 0.918. The maximum absolute atomic E-state index is 12.5. The van der Waals surface area contributed by atoms with Crippen LogP contribution in [0.3, 0.4) is 0 Å². The Morgan fingerprint density at radius 3 is 0.602 bits per heavy atom. The van der Waals surface area contributed by atoms with Gasteiger partial charge < -0.3 is 42.6 Å². The molecule has 0 aromatic rings. The summed E-state index contributed by atoms with van der Waals surface area (Å²) in [4.78, 5) is 110. The van der Waals surface area contributed by atoms with Crippen LogP contribution in [0.4, 0.5) is 0 Å². The Hall–Kier alpha value is -4.77. The number of esters is 9. The van der Waals surface area contributed by atoms with Gasteiger partial charge in [-0.25, -0.2) is 0 Å². The van der Waals surface area contributed by atoms with Crippen LogP contribution in [0.2, 0.25) is 0 Å². The third-order valence-electron chi connectivity index (χ3n) is 43.9. The number of hydrogen-bond acceptors (Lipinski definition) is 18. The molecule has 128 heavy (non-hydrogen) atoms. The van der Waals surface area contributed by atoms with E-state index in [1.807, 2.05) is 27.7 Å². The van der Waals surface area contributed by atoms with Gasteiger partial charge in [-0.1, -0.05) is 168 Å². The summed E-state index contributed by atoms with van der Waals surface area (Å²) in [6.45, 7) is 30.0. The summed E-state index contributed by atoms with van der Waals surface area (Å²) in [5, 5.41) is 0. The molecule has 9 heterocycles. The zero-order chi connectivity index (χ0) is 89.3. The highest BCUT2D eigenvalue weighted by Crippen LogP contribution is 2.71. The number of carbonyl (C=O) groups is 9. The number of rotatable bonds is 9. The number of hydrogen-bond donors (Lipinski definition) is 0. The molecule has 24 aliphatic rings. The smallest absolute Gasteiger partial charge is 0.309 e. The molecule has 24 rings (SSSR count). The molecule has 0 bridgehead atoms. The van der Waals surface area contributed by atoms with Crippen molar-refractivity contribution >= 4 is 53.7 Å². The second-order valence-electron chi connectivity index (χ2n) is 48.7. The van der Waals surface area contributed by atoms with Gasteiger partial charge in [-0.15, -0.1) is 0 Å². The Morgan fingerprint density at radius 1 is 0.188 bits per heavy atom. The van der Waals surface area contributed by atoms with E-state index in [1.54, 1.807) is 0 Å². The number of ether oxygens (including phenoxy) is 9. The molecule has 0 aromatic carbocycles. The van der Waals surface area contributed by atoms with E-state index >= 15 is 0 Å². The van der Waals surface area contributed by atoms with Gasteiger partial charge in [-0.05, 0) is 326 Å². The third kappa shape index (κ3) is 15.1. The predicted octanol–water partition coefficient (Wildman–Crippen LogP) is 20.9. The van der Waals surface area contributed by atoms with E-state index in [0.29, 0.717) is 178 Å². The van der Waals surface area contributed by atoms with Gasteiger partial charge in [0.2, 0.25) is 0 Å². The first-order valence-electron chi connectivity index (χ1n) is 54.6. The molecule has 18 heteroatoms. The normalized spacial score (nSPS) is 54.1. The van der Waals surface area contributed by atoms with E-state index in [4.69, 9.17) is 42.6 Å². The minimum atomic E-state index is -0.00268. The maximum Gasteiger partial charge on any atom is 0.309 e. The first kappa shape index (κ1) is 91.0. The van der Waals surface area contributed by atoms with Crippen LogP contribution in [0.5, 0.6) is 0 Å². The molecule has 24 fully saturated rings. The van der Waals surface area contributed by atoms with Crippen molar-refractivity contribution < 1.29 is 85.8 Å². The van der Waals surface area contributed by atoms with E-state index in [1.165, 1.54) is 148 Å². The maximum atomic E-state index is 12.5. The summed E-state index contributed by atoms with van der Waals surface area (Å²) in [7, 11) is 0. The molecular formula is C110H164O18. The van der Waals surface area contributed by atoms with Crippen molar-refractivity contribution in [3.05, 3.63) is 0 Å². The SMILES string of the molecule is CC[C@@H]1[C@H]2CCCCC3CC[C@H]([C@H]32)[C@@H]2[C@H]1OC(=O)[C@H]2C.CC[C@@H]1[C@H]2CCCCC3[C@H]2[C@@H](C[C@@H]3[C@@H]2C[C@@H](C)C(=O)O2)[C@@H]2[C@H]1OC(=O)[C@H]2C.CC[C@@H]1[C@H]2CCCCC3[C@H]2[C@@H](C[C@@H]3[C@@H]2C[C@@H](C)C(=O)O2)[C@@H]2[C@H]1OC(=O)[C@H]2C.CC[C@@H]1[C@H]2CCCCC3[C@H]2[C@@H](C[C@@H]3[C@@H]2C[C@@H](C)C(=O)O2)[C@@H]2[C@H]1OC(=O)[C@H]2C.CC[C@@H]1[C@H]2CCCCC3[C@H]2[C@@H](C[C@@H]3[C@@H]2C[C@@H](C)C(=O)O2)[C@@H]2[C@H]1OC(=O)[C@H]2C. The van der Waals surface area contributed by atoms with E-state index in [-0.39, 0.29) is 162 Å². The van der Waals surface area contributed by atoms with Crippen LogP contribution in [0, 0.1) is 254 Å². The van der Waals surface area contributed by atoms with Gasteiger partial charge in [0.1, 0.15) is 54.9 Å². The molecule has 5 unspecified atom stereocenters. The number of carbonyl (C=O) groups excluding carboxylic acids is 9. The number of cyclic esters (lactones) is 4. The first-order chi connectivity index (χ1) is 61.7. The van der Waals surface area contributed by atoms with E-state index in [0.717, 1.165) is 101 Å². The average Bonchev–Trinajstić information content (AvgIpc) is 1.51. The fourth-order valence-corrected chi connectivity index (χ4v) is 39.1. The summed E-state index contributed by atoms with van der Waals surface area (Å²) in [5.74, 6) is 21.5. The molecule has 9 aliphatic heterocycles. The van der Waals surface area contributed by atoms with Crippen LogP contribution < -0.4 is 0 Å². The van der Waals surface area contributed by atoms with Crippen molar-refractivity contribution in [3.63, 3.8) is 0 Å². The molecule has 9 saturated heterocycles. The zero-order valence-corrected chi connectivity index (χ0v) is 80.6. The molecule has 15 aliphatic carbocycles. The predicted molar refractivity (Wildman–Crippen MR) is 480 cm³/mol. The molecule has 18 nitrogen and oxygen atoms in total. The molecule has 712 valence electrons. The van der Waals surface area contributed by atoms with E-state index < -0.39 is 0 Å². The highest BCUT2D eigenvalue weighted by molar-refractivity contribution is 5.79. The fourth-order valence-electron chi connectivity index (χ4n) is 39.1. The summed E-state index contributed by atoms with van der Waals surface area (Å²) in [6, 6.07) is 0. The largest absolute Gasteiger partial charge is 0.462 e. The van der Waals surface area contributed by atoms with Gasteiger partial charge in [0.15, 0.2) is 0 Å². The highest BCUT2D eigenvalue weighted by Gasteiger charge is 2.71. The summed E-state index contributed by atoms with van der Waals surface area (Å²) in [5.41, 5.74) is 0. The summed E-state index contributed by atoms with van der Waals surface area (Å²) in [6.07, 6.45) is 44.1. The Labute approximate surface area is 766 Å². The topological polar surface area (TPSA) is 237 Å². The lowest BCUT2D eigenvalue weighted by Gasteiger charge is -2.48. The molecule has 52 atom stereocenters. The second-order valence-corrected chi connectivity index (χ2v) is 48.7. The van der Waals surface area contributed by atoms with Crippen molar-refractivity contribution in [1.82, 2.24) is 0 Å². The zero-order valence-electron chi connectivity index (χ0n) is 80.6. The van der Waals surface area contributed by atoms with Crippen LogP contribution in [0.25, 0.3) is 0 Å². The summed E-state index contributed by atoms with van der Waals surface area (Å²) < 4.78 is 53.3. The Bertz CT molecular complexity index is 3670. The summed E-state index contributed by atoms with van der Waals surface area (Å²) >= 11 is 0. The Balaban J connectivity index is 0.000000101. The lowest BCUT2D eigenvalue weighted by atomic mass is 9.57. The molecule has 0 aromatic heterocycles. The van der Waals surface area contributed by atoms with Gasteiger partial charge in [-0.3, -0.25) is 43.2 Å². The van der Waals surface area contributed by atoms with Crippen LogP contribution in [0.1, 0.15) is 322 Å². The Kier molecular flexibility index (Phi) is 25.9. The Morgan fingerprint density at radius 2 is 0.391 bits per heavy atom. The highest BCUT2D eigenvalue weighted by atomic mass is 16.6. The van der Waals surface area contributed by atoms with Crippen LogP contribution >= 0.6 is 0 Å². The minimum absolute atomic E-state index is 0.00268. The third-order valence-corrected chi connectivity index (χ3v) is 43.9. The van der Waals surface area contributed by atoms with Gasteiger partial charge >= 0.3 is 53.7 Å². The monoisotopic (exact) mass is 1770 g/mol. The van der Waals surface area contributed by atoms with Gasteiger partial charge in [0.25, 0.3) is 0 Å². The van der Waals surface area contributed by atoms with Crippen molar-refractivity contribution in [1.29, 1.82) is 0 Å². The number of fused-ring (bicyclic) bond motifs is 10. The van der Waals surface area contributed by atoms with Gasteiger partial charge in [0, 0.05) is 29.6 Å². The van der Waals surface area contributed by atoms with Crippen LogP contribution in [-0.4, -0.2) is 109 Å². The van der Waals surface area contributed by atoms with Crippen LogP contribution in [-0.2, 0) is 85.8 Å². The van der Waals surface area contributed by atoms with Crippen molar-refractivity contribution in [2.45, 2.75) is 377 Å². The lowest BCUT2D eigenvalue weighted by molar-refractivity contribution is -0.149. The minimum Gasteiger partial charge on any atom is -0.462 e. The van der Waals surface area contributed by atoms with Crippen molar-refractivity contribution in [2.75, 3.05) is 0 Å². The van der Waals surface area contributed by atoms with Gasteiger partial charge in [0.05, 0.1) is 53.3 Å². The van der Waals surface area contributed by atoms with Gasteiger partial charge in [-0.2, -0.15) is 0 Å². The quantitative estimate of drug-likeness (QED) is 0.154. The molecule has 0 N–H and O–H groups in total.